The largest absolute Gasteiger partial charge is 0.490 e. The number of hydrogen-bond acceptors (Lipinski definition) is 5. The summed E-state index contributed by atoms with van der Waals surface area (Å²) in [5, 5.41) is 0. The molecule has 1 fully saturated rings. The van der Waals surface area contributed by atoms with E-state index in [1.807, 2.05) is 0 Å². The second-order valence-corrected chi connectivity index (χ2v) is 5.09. The highest BCUT2D eigenvalue weighted by Gasteiger charge is 2.50. The van der Waals surface area contributed by atoms with Crippen LogP contribution in [-0.2, 0) is 13.7 Å². The second kappa shape index (κ2) is 3.51. The van der Waals surface area contributed by atoms with E-state index in [4.69, 9.17) is 9.11 Å². The zero-order chi connectivity index (χ0) is 11.9. The lowest BCUT2D eigenvalue weighted by Crippen LogP contribution is -2.40. The molecule has 0 aromatic rings. The van der Waals surface area contributed by atoms with Crippen LogP contribution in [0.2, 0.25) is 0 Å². The fourth-order valence-corrected chi connectivity index (χ4v) is 2.50. The van der Waals surface area contributed by atoms with Crippen molar-refractivity contribution in [2.24, 2.45) is 0 Å². The number of esters is 1. The van der Waals surface area contributed by atoms with Crippen LogP contribution < -0.4 is 0 Å². The van der Waals surface area contributed by atoms with Crippen molar-refractivity contribution in [2.75, 3.05) is 12.4 Å². The molecule has 1 atom stereocenters. The molecule has 0 saturated carbocycles. The van der Waals surface area contributed by atoms with Gasteiger partial charge in [-0.1, -0.05) is 0 Å². The van der Waals surface area contributed by atoms with Gasteiger partial charge in [-0.15, -0.1) is 0 Å². The van der Waals surface area contributed by atoms with Crippen molar-refractivity contribution in [3.8, 4) is 0 Å². The van der Waals surface area contributed by atoms with Crippen LogP contribution in [0.1, 0.15) is 6.92 Å². The van der Waals surface area contributed by atoms with Crippen molar-refractivity contribution < 1.29 is 36.0 Å². The third-order valence-electron chi connectivity index (χ3n) is 1.62. The standard InChI is InChI=1S/C6H9F3O5S/c1-5(2-13-15(11,12)3-5)14-4(10)6(7,8)9/h11-12H,2-3H2,1H3. The van der Waals surface area contributed by atoms with Gasteiger partial charge in [-0.25, -0.2) is 4.79 Å². The summed E-state index contributed by atoms with van der Waals surface area (Å²) in [4.78, 5) is 10.5. The number of alkyl halides is 3. The van der Waals surface area contributed by atoms with Gasteiger partial charge in [0.1, 0.15) is 12.2 Å². The van der Waals surface area contributed by atoms with Gasteiger partial charge in [0.25, 0.3) is 0 Å². The summed E-state index contributed by atoms with van der Waals surface area (Å²) in [5.74, 6) is -2.92. The average molecular weight is 250 g/mol. The highest BCUT2D eigenvalue weighted by Crippen LogP contribution is 2.50. The van der Waals surface area contributed by atoms with E-state index in [0.29, 0.717) is 0 Å². The van der Waals surface area contributed by atoms with Crippen LogP contribution in [0.15, 0.2) is 0 Å². The van der Waals surface area contributed by atoms with E-state index in [1.54, 1.807) is 0 Å². The summed E-state index contributed by atoms with van der Waals surface area (Å²) >= 11 is 0. The fraction of sp³-hybridized carbons (Fsp3) is 0.833. The molecular formula is C6H9F3O5S. The fourth-order valence-electron chi connectivity index (χ4n) is 1.04. The van der Waals surface area contributed by atoms with Crippen molar-refractivity contribution in [1.29, 1.82) is 0 Å². The van der Waals surface area contributed by atoms with Crippen molar-refractivity contribution in [2.45, 2.75) is 18.7 Å². The lowest BCUT2D eigenvalue weighted by Gasteiger charge is -2.24. The van der Waals surface area contributed by atoms with Crippen LogP contribution >= 0.6 is 10.9 Å². The molecule has 0 radical (unpaired) electrons. The topological polar surface area (TPSA) is 76.0 Å². The van der Waals surface area contributed by atoms with Crippen LogP contribution in [0.5, 0.6) is 0 Å². The first-order chi connectivity index (χ1) is 6.54. The Morgan fingerprint density at radius 2 is 2.07 bits per heavy atom. The number of halogens is 3. The molecule has 9 heteroatoms. The minimum atomic E-state index is -5.10. The maximum absolute atomic E-state index is 11.8. The molecular weight excluding hydrogens is 241 g/mol. The van der Waals surface area contributed by atoms with Crippen molar-refractivity contribution in [1.82, 2.24) is 0 Å². The molecule has 0 aromatic heterocycles. The van der Waals surface area contributed by atoms with E-state index in [9.17, 15) is 18.0 Å². The Hall–Kier alpha value is -0.510. The smallest absolute Gasteiger partial charge is 0.449 e. The van der Waals surface area contributed by atoms with Crippen molar-refractivity contribution in [3.05, 3.63) is 0 Å². The minimum Gasteiger partial charge on any atom is -0.449 e. The molecule has 1 heterocycles. The zero-order valence-electron chi connectivity index (χ0n) is 7.58. The van der Waals surface area contributed by atoms with Gasteiger partial charge in [0.2, 0.25) is 0 Å². The van der Waals surface area contributed by atoms with Crippen LogP contribution in [0.4, 0.5) is 13.2 Å². The molecule has 1 unspecified atom stereocenters. The highest BCUT2D eigenvalue weighted by molar-refractivity contribution is 8.20. The number of hydrogen-bond donors (Lipinski definition) is 2. The Kier molecular flexibility index (Phi) is 2.94. The monoisotopic (exact) mass is 250 g/mol. The van der Waals surface area contributed by atoms with E-state index in [1.165, 1.54) is 0 Å². The third-order valence-corrected chi connectivity index (χ3v) is 3.10. The van der Waals surface area contributed by atoms with Crippen LogP contribution in [0.3, 0.4) is 0 Å². The van der Waals surface area contributed by atoms with Crippen LogP contribution in [-0.4, -0.2) is 39.2 Å². The third kappa shape index (κ3) is 3.23. The van der Waals surface area contributed by atoms with E-state index in [2.05, 4.69) is 8.92 Å². The predicted molar refractivity (Wildman–Crippen MR) is 44.2 cm³/mol. The molecule has 0 spiro atoms. The lowest BCUT2D eigenvalue weighted by molar-refractivity contribution is -0.211. The van der Waals surface area contributed by atoms with E-state index in [0.717, 1.165) is 6.92 Å². The van der Waals surface area contributed by atoms with Gasteiger partial charge < -0.3 is 13.8 Å². The molecule has 1 aliphatic rings. The number of rotatable bonds is 1. The van der Waals surface area contributed by atoms with Gasteiger partial charge in [-0.2, -0.15) is 13.2 Å². The summed E-state index contributed by atoms with van der Waals surface area (Å²) in [6.07, 6.45) is -5.10. The molecule has 1 saturated heterocycles. The van der Waals surface area contributed by atoms with E-state index < -0.39 is 41.0 Å². The van der Waals surface area contributed by atoms with Gasteiger partial charge in [-0.3, -0.25) is 4.18 Å². The van der Waals surface area contributed by atoms with Gasteiger partial charge in [0.05, 0.1) is 16.6 Å². The van der Waals surface area contributed by atoms with Gasteiger partial charge in [0.15, 0.2) is 0 Å². The summed E-state index contributed by atoms with van der Waals surface area (Å²) in [7, 11) is -3.39. The number of ether oxygens (including phenoxy) is 1. The molecule has 0 amide bonds. The Bertz CT molecular complexity index is 278. The molecule has 5 nitrogen and oxygen atoms in total. The Labute approximate surface area is 84.7 Å². The molecule has 90 valence electrons. The first-order valence-electron chi connectivity index (χ1n) is 3.75. The normalized spacial score (nSPS) is 32.4. The molecule has 1 aliphatic heterocycles. The Balaban J connectivity index is 2.64. The summed E-state index contributed by atoms with van der Waals surface area (Å²) in [6, 6.07) is 0. The SMILES string of the molecule is CC1(OC(=O)C(F)(F)F)COS(O)(O)C1. The Morgan fingerprint density at radius 3 is 2.40 bits per heavy atom. The molecule has 0 aromatic carbocycles. The molecule has 0 bridgehead atoms. The van der Waals surface area contributed by atoms with Crippen molar-refractivity contribution in [3.63, 3.8) is 0 Å². The average Bonchev–Trinajstić information content (AvgIpc) is 2.23. The molecule has 15 heavy (non-hydrogen) atoms. The van der Waals surface area contributed by atoms with Crippen LogP contribution in [0.25, 0.3) is 0 Å². The van der Waals surface area contributed by atoms with Gasteiger partial charge in [-0.05, 0) is 6.92 Å². The first-order valence-corrected chi connectivity index (χ1v) is 5.39. The van der Waals surface area contributed by atoms with Crippen LogP contribution in [0, 0.1) is 0 Å². The quantitative estimate of drug-likeness (QED) is 0.690. The first kappa shape index (κ1) is 12.6. The lowest BCUT2D eigenvalue weighted by atomic mass is 10.1. The maximum Gasteiger partial charge on any atom is 0.490 e. The molecule has 2 N–H and O–H groups in total. The van der Waals surface area contributed by atoms with Crippen molar-refractivity contribution >= 4 is 16.8 Å². The Morgan fingerprint density at radius 1 is 1.53 bits per heavy atom. The summed E-state index contributed by atoms with van der Waals surface area (Å²) in [5.41, 5.74) is -1.65. The summed E-state index contributed by atoms with van der Waals surface area (Å²) < 4.78 is 62.0. The van der Waals surface area contributed by atoms with Gasteiger partial charge >= 0.3 is 12.1 Å². The second-order valence-electron chi connectivity index (χ2n) is 3.35. The molecule has 0 aliphatic carbocycles. The van der Waals surface area contributed by atoms with Gasteiger partial charge in [0, 0.05) is 0 Å². The summed E-state index contributed by atoms with van der Waals surface area (Å²) in [6.45, 7) is 0.662. The predicted octanol–water partition coefficient (Wildman–Crippen LogP) is 1.55. The number of carbonyl (C=O) groups is 1. The maximum atomic E-state index is 11.8. The number of carbonyl (C=O) groups excluding carboxylic acids is 1. The molecule has 1 rings (SSSR count). The zero-order valence-corrected chi connectivity index (χ0v) is 8.39. The van der Waals surface area contributed by atoms with E-state index >= 15 is 0 Å². The highest BCUT2D eigenvalue weighted by atomic mass is 32.3. The minimum absolute atomic E-state index is 0.475. The van der Waals surface area contributed by atoms with E-state index in [-0.39, 0.29) is 0 Å².